The Morgan fingerprint density at radius 3 is 2.79 bits per heavy atom. The zero-order chi connectivity index (χ0) is 10.1. The molecule has 69 valence electrons. The van der Waals surface area contributed by atoms with Crippen molar-refractivity contribution in [3.8, 4) is 0 Å². The van der Waals surface area contributed by atoms with Crippen molar-refractivity contribution in [2.24, 2.45) is 0 Å². The number of rotatable bonds is 1. The third-order valence-electron chi connectivity index (χ3n) is 1.94. The zero-order valence-electron chi connectivity index (χ0n) is 7.30. The van der Waals surface area contributed by atoms with Gasteiger partial charge in [-0.05, 0) is 19.1 Å². The van der Waals surface area contributed by atoms with Gasteiger partial charge in [0, 0.05) is 23.2 Å². The van der Waals surface area contributed by atoms with Gasteiger partial charge in [0.25, 0.3) is 5.69 Å². The van der Waals surface area contributed by atoms with Gasteiger partial charge in [-0.25, -0.2) is 0 Å². The summed E-state index contributed by atoms with van der Waals surface area (Å²) in [5, 5.41) is 11.2. The van der Waals surface area contributed by atoms with Crippen LogP contribution in [-0.2, 0) is 0 Å². The molecule has 0 unspecified atom stereocenters. The van der Waals surface area contributed by atoms with Crippen LogP contribution in [0, 0.1) is 17.0 Å². The van der Waals surface area contributed by atoms with E-state index in [0.29, 0.717) is 5.69 Å². The van der Waals surface area contributed by atoms with E-state index in [2.05, 4.69) is 11.9 Å². The van der Waals surface area contributed by atoms with Gasteiger partial charge in [0.2, 0.25) is 0 Å². The Labute approximate surface area is 80.4 Å². The average Bonchev–Trinajstić information content (AvgIpc) is 2.16. The van der Waals surface area contributed by atoms with Gasteiger partial charge in [0.15, 0.2) is 0 Å². The van der Waals surface area contributed by atoms with E-state index in [4.69, 9.17) is 0 Å². The summed E-state index contributed by atoms with van der Waals surface area (Å²) in [6, 6.07) is 8.07. The summed E-state index contributed by atoms with van der Waals surface area (Å²) in [6.45, 7) is 3.68. The van der Waals surface area contributed by atoms with Crippen LogP contribution in [0.25, 0.3) is 10.9 Å². The molecule has 0 atom stereocenters. The molecule has 2 rings (SSSR count). The first-order valence-corrected chi connectivity index (χ1v) is 4.04. The van der Waals surface area contributed by atoms with Crippen LogP contribution in [0.5, 0.6) is 0 Å². The molecule has 0 fully saturated rings. The fourth-order valence-electron chi connectivity index (χ4n) is 1.27. The monoisotopic (exact) mass is 187 g/mol. The Balaban J connectivity index is 2.67. The Bertz CT molecular complexity index is 508. The molecule has 4 heteroatoms. The van der Waals surface area contributed by atoms with Crippen molar-refractivity contribution in [3.05, 3.63) is 53.1 Å². The smallest absolute Gasteiger partial charge is 0.258 e. The molecule has 1 radical (unpaired) electrons. The van der Waals surface area contributed by atoms with Gasteiger partial charge in [-0.2, -0.15) is 0 Å². The van der Waals surface area contributed by atoms with E-state index < -0.39 is 4.92 Å². The molecule has 0 bridgehead atoms. The minimum absolute atomic E-state index is 0.0797. The van der Waals surface area contributed by atoms with Crippen LogP contribution in [0.15, 0.2) is 30.3 Å². The number of hydrogen-bond donors (Lipinski definition) is 0. The van der Waals surface area contributed by atoms with Crippen LogP contribution in [0.1, 0.15) is 5.69 Å². The van der Waals surface area contributed by atoms with E-state index in [1.165, 1.54) is 12.1 Å². The number of non-ortho nitro benzene ring substituents is 1. The molecule has 0 aliphatic carbocycles. The molecule has 14 heavy (non-hydrogen) atoms. The fraction of sp³-hybridized carbons (Fsp3) is 0. The minimum Gasteiger partial charge on any atom is -0.258 e. The van der Waals surface area contributed by atoms with Crippen molar-refractivity contribution in [1.29, 1.82) is 0 Å². The fourth-order valence-corrected chi connectivity index (χ4v) is 1.27. The maximum Gasteiger partial charge on any atom is 0.270 e. The maximum atomic E-state index is 10.5. The van der Waals surface area contributed by atoms with Gasteiger partial charge < -0.3 is 0 Å². The number of hydrogen-bond acceptors (Lipinski definition) is 3. The maximum absolute atomic E-state index is 10.5. The number of benzene rings is 1. The number of nitro groups is 1. The highest BCUT2D eigenvalue weighted by Crippen LogP contribution is 2.19. The summed E-state index contributed by atoms with van der Waals surface area (Å²) in [4.78, 5) is 14.2. The lowest BCUT2D eigenvalue weighted by atomic mass is 10.2. The van der Waals surface area contributed by atoms with Crippen molar-refractivity contribution in [3.63, 3.8) is 0 Å². The van der Waals surface area contributed by atoms with Crippen molar-refractivity contribution in [2.45, 2.75) is 0 Å². The highest BCUT2D eigenvalue weighted by atomic mass is 16.6. The summed E-state index contributed by atoms with van der Waals surface area (Å²) in [5.74, 6) is 0. The van der Waals surface area contributed by atoms with Crippen molar-refractivity contribution < 1.29 is 4.92 Å². The molecule has 0 amide bonds. The van der Waals surface area contributed by atoms with Crippen molar-refractivity contribution >= 4 is 16.6 Å². The number of pyridine rings is 1. The largest absolute Gasteiger partial charge is 0.270 e. The molecule has 4 nitrogen and oxygen atoms in total. The molecule has 0 saturated carbocycles. The Morgan fingerprint density at radius 1 is 1.29 bits per heavy atom. The van der Waals surface area contributed by atoms with Crippen molar-refractivity contribution in [1.82, 2.24) is 4.98 Å². The van der Waals surface area contributed by atoms with Gasteiger partial charge in [-0.3, -0.25) is 15.1 Å². The number of fused-ring (bicyclic) bond motifs is 1. The summed E-state index contributed by atoms with van der Waals surface area (Å²) in [7, 11) is 0. The lowest BCUT2D eigenvalue weighted by Crippen LogP contribution is -1.88. The lowest BCUT2D eigenvalue weighted by molar-refractivity contribution is -0.384. The summed E-state index contributed by atoms with van der Waals surface area (Å²) < 4.78 is 0. The second-order valence-electron chi connectivity index (χ2n) is 2.94. The quantitative estimate of drug-likeness (QED) is 0.508. The molecule has 1 heterocycles. The Morgan fingerprint density at radius 2 is 2.07 bits per heavy atom. The Kier molecular flexibility index (Phi) is 1.89. The molecule has 0 N–H and O–H groups in total. The third-order valence-corrected chi connectivity index (χ3v) is 1.94. The second-order valence-corrected chi connectivity index (χ2v) is 2.94. The molecule has 0 aliphatic rings. The predicted octanol–water partition coefficient (Wildman–Crippen LogP) is 2.33. The van der Waals surface area contributed by atoms with Crippen molar-refractivity contribution in [2.75, 3.05) is 0 Å². The molecular formula is C10H7N2O2. The van der Waals surface area contributed by atoms with Crippen LogP contribution in [0.2, 0.25) is 0 Å². The topological polar surface area (TPSA) is 56.0 Å². The summed E-state index contributed by atoms with van der Waals surface area (Å²) in [6.07, 6.45) is 0. The van der Waals surface area contributed by atoms with Crippen LogP contribution >= 0.6 is 0 Å². The zero-order valence-corrected chi connectivity index (χ0v) is 7.30. The molecule has 1 aromatic carbocycles. The number of nitrogens with zero attached hydrogens (tertiary/aromatic N) is 2. The molecule has 0 saturated heterocycles. The number of nitro benzene ring substituents is 1. The highest BCUT2D eigenvalue weighted by molar-refractivity contribution is 5.81. The van der Waals surface area contributed by atoms with E-state index in [0.717, 1.165) is 10.9 Å². The van der Waals surface area contributed by atoms with E-state index in [9.17, 15) is 10.1 Å². The first-order valence-electron chi connectivity index (χ1n) is 4.04. The second kappa shape index (κ2) is 3.06. The average molecular weight is 187 g/mol. The SMILES string of the molecule is [CH2]c1ccc2cc([N+](=O)[O-])ccc2n1. The van der Waals surface area contributed by atoms with Gasteiger partial charge in [-0.15, -0.1) is 0 Å². The van der Waals surface area contributed by atoms with E-state index in [-0.39, 0.29) is 5.69 Å². The minimum atomic E-state index is -0.419. The van der Waals surface area contributed by atoms with Crippen LogP contribution in [-0.4, -0.2) is 9.91 Å². The van der Waals surface area contributed by atoms with Gasteiger partial charge in [0.05, 0.1) is 10.4 Å². The predicted molar refractivity (Wildman–Crippen MR) is 52.9 cm³/mol. The van der Waals surface area contributed by atoms with Gasteiger partial charge >= 0.3 is 0 Å². The molecular weight excluding hydrogens is 180 g/mol. The highest BCUT2D eigenvalue weighted by Gasteiger charge is 2.05. The van der Waals surface area contributed by atoms with Gasteiger partial charge in [0.1, 0.15) is 0 Å². The van der Waals surface area contributed by atoms with Crippen LogP contribution < -0.4 is 0 Å². The lowest BCUT2D eigenvalue weighted by Gasteiger charge is -1.97. The normalized spacial score (nSPS) is 10.4. The van der Waals surface area contributed by atoms with Crippen LogP contribution in [0.3, 0.4) is 0 Å². The molecule has 1 aromatic heterocycles. The van der Waals surface area contributed by atoms with E-state index in [1.54, 1.807) is 18.2 Å². The van der Waals surface area contributed by atoms with Crippen LogP contribution in [0.4, 0.5) is 5.69 Å². The third kappa shape index (κ3) is 1.42. The van der Waals surface area contributed by atoms with Gasteiger partial charge in [-0.1, -0.05) is 6.07 Å². The summed E-state index contributed by atoms with van der Waals surface area (Å²) in [5.41, 5.74) is 1.46. The first-order chi connectivity index (χ1) is 6.66. The molecule has 2 aromatic rings. The van der Waals surface area contributed by atoms with E-state index in [1.807, 2.05) is 0 Å². The summed E-state index contributed by atoms with van der Waals surface area (Å²) >= 11 is 0. The molecule has 0 aliphatic heterocycles. The van der Waals surface area contributed by atoms with E-state index >= 15 is 0 Å². The first kappa shape index (κ1) is 8.62. The number of aromatic nitrogens is 1. The standard InChI is InChI=1S/C10H7N2O2/c1-7-2-3-8-6-9(12(13)14)4-5-10(8)11-7/h2-6H,1H2. The Hall–Kier alpha value is -1.97. The molecule has 0 spiro atoms.